The van der Waals surface area contributed by atoms with Gasteiger partial charge in [0.15, 0.2) is 0 Å². The molecular weight excluding hydrogens is 284 g/mol. The summed E-state index contributed by atoms with van der Waals surface area (Å²) in [6.07, 6.45) is 6.09. The summed E-state index contributed by atoms with van der Waals surface area (Å²) in [5.41, 5.74) is 2.96. The van der Waals surface area contributed by atoms with Gasteiger partial charge in [-0.1, -0.05) is 26.2 Å². The van der Waals surface area contributed by atoms with E-state index in [1.807, 2.05) is 13.8 Å². The Morgan fingerprint density at radius 2 is 1.90 bits per heavy atom. The SMILES string of the molecule is CCC1CCCCC1Nc1cc(S(N)(=O)=O)cc(C)c1C. The highest BCUT2D eigenvalue weighted by Gasteiger charge is 2.24. The van der Waals surface area contributed by atoms with Gasteiger partial charge in [-0.3, -0.25) is 0 Å². The van der Waals surface area contributed by atoms with E-state index in [2.05, 4.69) is 12.2 Å². The zero-order chi connectivity index (χ0) is 15.6. The van der Waals surface area contributed by atoms with Gasteiger partial charge in [-0.15, -0.1) is 0 Å². The number of rotatable bonds is 4. The lowest BCUT2D eigenvalue weighted by Gasteiger charge is -2.33. The molecule has 2 rings (SSSR count). The smallest absolute Gasteiger partial charge is 0.238 e. The van der Waals surface area contributed by atoms with E-state index in [4.69, 9.17) is 5.14 Å². The molecule has 1 aromatic rings. The second-order valence-corrected chi connectivity index (χ2v) is 7.72. The van der Waals surface area contributed by atoms with Crippen molar-refractivity contribution in [3.8, 4) is 0 Å². The highest BCUT2D eigenvalue weighted by Crippen LogP contribution is 2.31. The number of benzene rings is 1. The Labute approximate surface area is 128 Å². The van der Waals surface area contributed by atoms with Crippen LogP contribution in [0.3, 0.4) is 0 Å². The van der Waals surface area contributed by atoms with Crippen molar-refractivity contribution in [3.05, 3.63) is 23.3 Å². The first-order chi connectivity index (χ1) is 9.82. The molecule has 0 saturated heterocycles. The third-order valence-electron chi connectivity index (χ3n) is 4.74. The van der Waals surface area contributed by atoms with Crippen LogP contribution in [0.25, 0.3) is 0 Å². The van der Waals surface area contributed by atoms with Crippen molar-refractivity contribution in [1.82, 2.24) is 0 Å². The first-order valence-corrected chi connectivity index (χ1v) is 9.28. The minimum atomic E-state index is -3.66. The molecule has 1 fully saturated rings. The molecule has 118 valence electrons. The van der Waals surface area contributed by atoms with Gasteiger partial charge in [-0.2, -0.15) is 0 Å². The van der Waals surface area contributed by atoms with Crippen molar-refractivity contribution in [2.45, 2.75) is 63.8 Å². The van der Waals surface area contributed by atoms with E-state index in [1.165, 1.54) is 19.3 Å². The van der Waals surface area contributed by atoms with Gasteiger partial charge < -0.3 is 5.32 Å². The van der Waals surface area contributed by atoms with Crippen LogP contribution in [0, 0.1) is 19.8 Å². The number of anilines is 1. The Morgan fingerprint density at radius 1 is 1.24 bits per heavy atom. The molecule has 0 bridgehead atoms. The molecule has 0 aromatic heterocycles. The van der Waals surface area contributed by atoms with E-state index in [-0.39, 0.29) is 4.90 Å². The van der Waals surface area contributed by atoms with Gasteiger partial charge in [0, 0.05) is 11.7 Å². The quantitative estimate of drug-likeness (QED) is 0.896. The lowest BCUT2D eigenvalue weighted by molar-refractivity contribution is 0.317. The van der Waals surface area contributed by atoms with Gasteiger partial charge in [-0.05, 0) is 55.9 Å². The summed E-state index contributed by atoms with van der Waals surface area (Å²) in [5.74, 6) is 0.664. The zero-order valence-corrected chi connectivity index (χ0v) is 14.0. The van der Waals surface area contributed by atoms with Crippen LogP contribution in [0.1, 0.15) is 50.2 Å². The molecule has 0 spiro atoms. The number of sulfonamides is 1. The maximum atomic E-state index is 11.6. The highest BCUT2D eigenvalue weighted by molar-refractivity contribution is 7.89. The topological polar surface area (TPSA) is 72.2 Å². The Kier molecular flexibility index (Phi) is 4.94. The Hall–Kier alpha value is -1.07. The molecular formula is C16H26N2O2S. The van der Waals surface area contributed by atoms with Crippen LogP contribution in [0.5, 0.6) is 0 Å². The van der Waals surface area contributed by atoms with Crippen LogP contribution in [0.2, 0.25) is 0 Å². The van der Waals surface area contributed by atoms with Crippen molar-refractivity contribution in [2.75, 3.05) is 5.32 Å². The molecule has 1 aliphatic rings. The van der Waals surface area contributed by atoms with Gasteiger partial charge in [0.2, 0.25) is 10.0 Å². The van der Waals surface area contributed by atoms with Crippen molar-refractivity contribution in [1.29, 1.82) is 0 Å². The molecule has 2 unspecified atom stereocenters. The summed E-state index contributed by atoms with van der Waals surface area (Å²) in [4.78, 5) is 0.192. The van der Waals surface area contributed by atoms with Crippen LogP contribution in [0.15, 0.2) is 17.0 Å². The van der Waals surface area contributed by atoms with Crippen LogP contribution in [-0.4, -0.2) is 14.5 Å². The molecule has 1 aliphatic carbocycles. The third-order valence-corrected chi connectivity index (χ3v) is 5.64. The van der Waals surface area contributed by atoms with Gasteiger partial charge in [0.05, 0.1) is 4.90 Å². The van der Waals surface area contributed by atoms with E-state index >= 15 is 0 Å². The second kappa shape index (κ2) is 6.36. The Balaban J connectivity index is 2.32. The fourth-order valence-electron chi connectivity index (χ4n) is 3.23. The van der Waals surface area contributed by atoms with Gasteiger partial charge in [0.25, 0.3) is 0 Å². The van der Waals surface area contributed by atoms with Crippen LogP contribution >= 0.6 is 0 Å². The molecule has 1 saturated carbocycles. The molecule has 5 heteroatoms. The van der Waals surface area contributed by atoms with Gasteiger partial charge >= 0.3 is 0 Å². The van der Waals surface area contributed by atoms with Gasteiger partial charge in [-0.25, -0.2) is 13.6 Å². The fraction of sp³-hybridized carbons (Fsp3) is 0.625. The molecule has 0 amide bonds. The summed E-state index contributed by atoms with van der Waals surface area (Å²) in [7, 11) is -3.66. The highest BCUT2D eigenvalue weighted by atomic mass is 32.2. The molecule has 21 heavy (non-hydrogen) atoms. The molecule has 2 atom stereocenters. The fourth-order valence-corrected chi connectivity index (χ4v) is 3.85. The number of nitrogens with one attached hydrogen (secondary N) is 1. The monoisotopic (exact) mass is 310 g/mol. The average molecular weight is 310 g/mol. The maximum Gasteiger partial charge on any atom is 0.238 e. The molecule has 0 radical (unpaired) electrons. The number of hydrogen-bond donors (Lipinski definition) is 2. The van der Waals surface area contributed by atoms with Crippen molar-refractivity contribution in [2.24, 2.45) is 11.1 Å². The lowest BCUT2D eigenvalue weighted by Crippen LogP contribution is -2.32. The molecule has 0 aliphatic heterocycles. The summed E-state index contributed by atoms with van der Waals surface area (Å²) >= 11 is 0. The van der Waals surface area contributed by atoms with E-state index in [1.54, 1.807) is 12.1 Å². The molecule has 1 aromatic carbocycles. The maximum absolute atomic E-state index is 11.6. The second-order valence-electron chi connectivity index (χ2n) is 6.16. The van der Waals surface area contributed by atoms with E-state index in [9.17, 15) is 8.42 Å². The van der Waals surface area contributed by atoms with Crippen molar-refractivity contribution >= 4 is 15.7 Å². The minimum Gasteiger partial charge on any atom is -0.382 e. The van der Waals surface area contributed by atoms with Gasteiger partial charge in [0.1, 0.15) is 0 Å². The van der Waals surface area contributed by atoms with Crippen LogP contribution in [-0.2, 0) is 10.0 Å². The minimum absolute atomic E-state index is 0.192. The Bertz CT molecular complexity index is 611. The third kappa shape index (κ3) is 3.77. The van der Waals surface area contributed by atoms with Crippen LogP contribution in [0.4, 0.5) is 5.69 Å². The van der Waals surface area contributed by atoms with Crippen molar-refractivity contribution in [3.63, 3.8) is 0 Å². The summed E-state index contributed by atoms with van der Waals surface area (Å²) < 4.78 is 23.2. The molecule has 0 heterocycles. The molecule has 3 N–H and O–H groups in total. The summed E-state index contributed by atoms with van der Waals surface area (Å²) in [6, 6.07) is 3.75. The predicted octanol–water partition coefficient (Wildman–Crippen LogP) is 3.33. The summed E-state index contributed by atoms with van der Waals surface area (Å²) in [6.45, 7) is 6.17. The lowest BCUT2D eigenvalue weighted by atomic mass is 9.82. The normalized spacial score (nSPS) is 23.0. The predicted molar refractivity (Wildman–Crippen MR) is 86.9 cm³/mol. The van der Waals surface area contributed by atoms with E-state index in [0.717, 1.165) is 29.7 Å². The number of hydrogen-bond acceptors (Lipinski definition) is 3. The average Bonchev–Trinajstić information content (AvgIpc) is 2.43. The molecule has 4 nitrogen and oxygen atoms in total. The Morgan fingerprint density at radius 3 is 2.52 bits per heavy atom. The van der Waals surface area contributed by atoms with E-state index < -0.39 is 10.0 Å². The number of primary sulfonamides is 1. The number of aryl methyl sites for hydroxylation is 1. The first-order valence-electron chi connectivity index (χ1n) is 7.73. The van der Waals surface area contributed by atoms with Crippen molar-refractivity contribution < 1.29 is 8.42 Å². The standard InChI is InChI=1S/C16H26N2O2S/c1-4-13-7-5-6-8-15(13)18-16-10-14(21(17,19)20)9-11(2)12(16)3/h9-10,13,15,18H,4-8H2,1-3H3,(H2,17,19,20). The largest absolute Gasteiger partial charge is 0.382 e. The van der Waals surface area contributed by atoms with Crippen LogP contribution < -0.4 is 10.5 Å². The zero-order valence-electron chi connectivity index (χ0n) is 13.1. The first kappa shape index (κ1) is 16.3. The number of nitrogens with two attached hydrogens (primary N) is 1. The van der Waals surface area contributed by atoms with E-state index in [0.29, 0.717) is 12.0 Å². The summed E-state index contributed by atoms with van der Waals surface area (Å²) in [5, 5.41) is 8.86.